The van der Waals surface area contributed by atoms with Gasteiger partial charge in [-0.05, 0) is 30.7 Å². The van der Waals surface area contributed by atoms with Gasteiger partial charge in [-0.25, -0.2) is 13.2 Å². The molecule has 120 valence electrons. The summed E-state index contributed by atoms with van der Waals surface area (Å²) in [5, 5.41) is 9.10. The Morgan fingerprint density at radius 2 is 2.04 bits per heavy atom. The fraction of sp³-hybridized carbons (Fsp3) is 0.200. The molecule has 0 aliphatic rings. The molecule has 1 heterocycles. The Morgan fingerprint density at radius 1 is 1.39 bits per heavy atom. The van der Waals surface area contributed by atoms with Crippen molar-refractivity contribution >= 4 is 21.5 Å². The van der Waals surface area contributed by atoms with Crippen LogP contribution in [0.2, 0.25) is 0 Å². The summed E-state index contributed by atoms with van der Waals surface area (Å²) in [6.07, 6.45) is 2.53. The van der Waals surface area contributed by atoms with Gasteiger partial charge in [0.05, 0.1) is 23.3 Å². The van der Waals surface area contributed by atoms with Crippen molar-refractivity contribution in [3.8, 4) is 11.8 Å². The number of aryl methyl sites for hydroxylation is 1. The van der Waals surface area contributed by atoms with Gasteiger partial charge in [-0.1, -0.05) is 0 Å². The molecule has 0 saturated carbocycles. The second kappa shape index (κ2) is 5.78. The molecular weight excluding hydrogens is 318 g/mol. The molecule has 0 aliphatic heterocycles. The first-order valence-corrected chi connectivity index (χ1v) is 8.40. The largest absolute Gasteiger partial charge is 0.464 e. The van der Waals surface area contributed by atoms with Crippen molar-refractivity contribution in [3.05, 3.63) is 41.2 Å². The van der Waals surface area contributed by atoms with Crippen molar-refractivity contribution in [2.45, 2.75) is 11.8 Å². The van der Waals surface area contributed by atoms with Crippen LogP contribution in [0.15, 0.2) is 29.3 Å². The molecule has 23 heavy (non-hydrogen) atoms. The Balaban J connectivity index is 2.73. The quantitative estimate of drug-likeness (QED) is 0.850. The van der Waals surface area contributed by atoms with E-state index in [1.165, 1.54) is 30.0 Å². The zero-order chi connectivity index (χ0) is 17.4. The third-order valence-corrected chi connectivity index (χ3v) is 4.51. The third kappa shape index (κ3) is 2.91. The lowest BCUT2D eigenvalue weighted by Crippen LogP contribution is -2.12. The van der Waals surface area contributed by atoms with E-state index in [-0.39, 0.29) is 21.8 Å². The smallest absolute Gasteiger partial charge is 0.357 e. The lowest BCUT2D eigenvalue weighted by Gasteiger charge is -2.12. The minimum Gasteiger partial charge on any atom is -0.464 e. The van der Waals surface area contributed by atoms with E-state index in [0.29, 0.717) is 11.3 Å². The Bertz CT molecular complexity index is 936. The van der Waals surface area contributed by atoms with Crippen LogP contribution in [-0.4, -0.2) is 32.3 Å². The predicted octanol–water partition coefficient (Wildman–Crippen LogP) is 1.43. The average Bonchev–Trinajstić information content (AvgIpc) is 2.82. The lowest BCUT2D eigenvalue weighted by molar-refractivity contribution is 0.0593. The molecular formula is C15H15N3O4S. The molecule has 0 radical (unpaired) electrons. The van der Waals surface area contributed by atoms with E-state index in [1.807, 2.05) is 6.07 Å². The molecule has 2 N–H and O–H groups in total. The Morgan fingerprint density at radius 3 is 2.52 bits per heavy atom. The van der Waals surface area contributed by atoms with E-state index in [2.05, 4.69) is 0 Å². The first kappa shape index (κ1) is 16.6. The highest BCUT2D eigenvalue weighted by molar-refractivity contribution is 7.90. The minimum absolute atomic E-state index is 0.0194. The lowest BCUT2D eigenvalue weighted by atomic mass is 10.2. The van der Waals surface area contributed by atoms with Crippen molar-refractivity contribution in [1.29, 1.82) is 5.26 Å². The van der Waals surface area contributed by atoms with Gasteiger partial charge < -0.3 is 15.0 Å². The number of methoxy groups -OCH3 is 1. The SMILES string of the molecule is COC(=O)c1c(N)c(C#N)cn1-c1ccc(S(C)(=O)=O)cc1C. The molecule has 0 bridgehead atoms. The number of esters is 1. The van der Waals surface area contributed by atoms with Crippen molar-refractivity contribution in [3.63, 3.8) is 0 Å². The second-order valence-electron chi connectivity index (χ2n) is 5.00. The molecule has 0 fully saturated rings. The highest BCUT2D eigenvalue weighted by Crippen LogP contribution is 2.27. The first-order chi connectivity index (χ1) is 10.7. The molecule has 0 amide bonds. The fourth-order valence-electron chi connectivity index (χ4n) is 2.23. The second-order valence-corrected chi connectivity index (χ2v) is 7.01. The van der Waals surface area contributed by atoms with Crippen molar-refractivity contribution in [1.82, 2.24) is 4.57 Å². The van der Waals surface area contributed by atoms with E-state index >= 15 is 0 Å². The van der Waals surface area contributed by atoms with Crippen LogP contribution in [0.3, 0.4) is 0 Å². The summed E-state index contributed by atoms with van der Waals surface area (Å²) in [5.74, 6) is -0.685. The number of sulfone groups is 1. The van der Waals surface area contributed by atoms with Crippen LogP contribution >= 0.6 is 0 Å². The predicted molar refractivity (Wildman–Crippen MR) is 84.1 cm³/mol. The zero-order valence-electron chi connectivity index (χ0n) is 12.8. The number of nitrogen functional groups attached to an aromatic ring is 1. The maximum absolute atomic E-state index is 12.0. The maximum atomic E-state index is 12.0. The van der Waals surface area contributed by atoms with E-state index in [4.69, 9.17) is 15.7 Å². The van der Waals surface area contributed by atoms with Gasteiger partial charge in [-0.15, -0.1) is 0 Å². The van der Waals surface area contributed by atoms with Crippen LogP contribution in [0.4, 0.5) is 5.69 Å². The van der Waals surface area contributed by atoms with Crippen molar-refractivity contribution in [2.75, 3.05) is 19.1 Å². The molecule has 8 heteroatoms. The summed E-state index contributed by atoms with van der Waals surface area (Å²) in [6, 6.07) is 6.39. The number of rotatable bonds is 3. The number of hydrogen-bond acceptors (Lipinski definition) is 6. The van der Waals surface area contributed by atoms with E-state index < -0.39 is 15.8 Å². The van der Waals surface area contributed by atoms with Crippen LogP contribution in [0, 0.1) is 18.3 Å². The number of benzene rings is 1. The monoisotopic (exact) mass is 333 g/mol. The van der Waals surface area contributed by atoms with Gasteiger partial charge in [0, 0.05) is 18.1 Å². The van der Waals surface area contributed by atoms with Crippen LogP contribution in [0.1, 0.15) is 21.6 Å². The van der Waals surface area contributed by atoms with Crippen LogP contribution in [0.25, 0.3) is 5.69 Å². The number of aromatic nitrogens is 1. The van der Waals surface area contributed by atoms with Crippen LogP contribution < -0.4 is 5.73 Å². The topological polar surface area (TPSA) is 115 Å². The molecule has 0 unspecified atom stereocenters. The summed E-state index contributed by atoms with van der Waals surface area (Å²) in [5.41, 5.74) is 7.16. The van der Waals surface area contributed by atoms with Gasteiger partial charge in [0.1, 0.15) is 6.07 Å². The zero-order valence-corrected chi connectivity index (χ0v) is 13.6. The average molecular weight is 333 g/mol. The first-order valence-electron chi connectivity index (χ1n) is 6.51. The number of ether oxygens (including phenoxy) is 1. The van der Waals surface area contributed by atoms with Gasteiger partial charge >= 0.3 is 5.97 Å². The number of nitrogens with zero attached hydrogens (tertiary/aromatic N) is 2. The molecule has 0 aliphatic carbocycles. The molecule has 7 nitrogen and oxygen atoms in total. The van der Waals surface area contributed by atoms with Crippen LogP contribution in [-0.2, 0) is 14.6 Å². The van der Waals surface area contributed by atoms with Gasteiger partial charge in [-0.3, -0.25) is 0 Å². The summed E-state index contributed by atoms with van der Waals surface area (Å²) in [4.78, 5) is 12.1. The molecule has 0 saturated heterocycles. The minimum atomic E-state index is -3.34. The van der Waals surface area contributed by atoms with Gasteiger partial charge in [0.15, 0.2) is 15.5 Å². The maximum Gasteiger partial charge on any atom is 0.357 e. The molecule has 1 aromatic carbocycles. The Labute approximate surface area is 133 Å². The van der Waals surface area contributed by atoms with Crippen LogP contribution in [0.5, 0.6) is 0 Å². The number of nitriles is 1. The van der Waals surface area contributed by atoms with Crippen molar-refractivity contribution < 1.29 is 17.9 Å². The molecule has 2 rings (SSSR count). The third-order valence-electron chi connectivity index (χ3n) is 3.40. The standard InChI is InChI=1S/C15H15N3O4S/c1-9-6-11(23(3,20)21)4-5-12(9)18-8-10(7-16)13(17)14(18)15(19)22-2/h4-6,8H,17H2,1-3H3. The molecule has 2 aromatic rings. The summed E-state index contributed by atoms with van der Waals surface area (Å²) in [7, 11) is -2.13. The van der Waals surface area contributed by atoms with E-state index in [1.54, 1.807) is 13.0 Å². The summed E-state index contributed by atoms with van der Waals surface area (Å²) < 4.78 is 29.4. The number of carbonyl (C=O) groups is 1. The number of nitrogens with two attached hydrogens (primary N) is 1. The highest BCUT2D eigenvalue weighted by atomic mass is 32.2. The molecule has 0 spiro atoms. The normalized spacial score (nSPS) is 11.0. The molecule has 1 aromatic heterocycles. The van der Waals surface area contributed by atoms with Crippen molar-refractivity contribution in [2.24, 2.45) is 0 Å². The van der Waals surface area contributed by atoms with Gasteiger partial charge in [0.25, 0.3) is 0 Å². The van der Waals surface area contributed by atoms with E-state index in [0.717, 1.165) is 6.26 Å². The Hall–Kier alpha value is -2.79. The fourth-order valence-corrected chi connectivity index (χ4v) is 2.94. The molecule has 0 atom stereocenters. The summed E-state index contributed by atoms with van der Waals surface area (Å²) >= 11 is 0. The number of carbonyl (C=O) groups excluding carboxylic acids is 1. The Kier molecular flexibility index (Phi) is 4.16. The van der Waals surface area contributed by atoms with Gasteiger partial charge in [-0.2, -0.15) is 5.26 Å². The van der Waals surface area contributed by atoms with Gasteiger partial charge in [0.2, 0.25) is 0 Å². The highest BCUT2D eigenvalue weighted by Gasteiger charge is 2.22. The summed E-state index contributed by atoms with van der Waals surface area (Å²) in [6.45, 7) is 1.70. The number of hydrogen-bond donors (Lipinski definition) is 1. The van der Waals surface area contributed by atoms with E-state index in [9.17, 15) is 13.2 Å². The number of anilines is 1.